The number of halogens is 1. The Bertz CT molecular complexity index is 596. The van der Waals surface area contributed by atoms with Gasteiger partial charge in [-0.05, 0) is 25.5 Å². The van der Waals surface area contributed by atoms with E-state index in [0.717, 1.165) is 32.1 Å². The zero-order chi connectivity index (χ0) is 17.9. The number of aliphatic imine (C=N–C) groups is 1. The monoisotopic (exact) mass is 489 g/mol. The van der Waals surface area contributed by atoms with Crippen LogP contribution in [0.2, 0.25) is 0 Å². The van der Waals surface area contributed by atoms with E-state index in [1.165, 1.54) is 4.90 Å². The van der Waals surface area contributed by atoms with E-state index in [-0.39, 0.29) is 29.4 Å². The van der Waals surface area contributed by atoms with Gasteiger partial charge in [0.05, 0.1) is 12.6 Å². The van der Waals surface area contributed by atoms with Crippen molar-refractivity contribution in [1.82, 2.24) is 10.6 Å². The molecule has 26 heavy (non-hydrogen) atoms. The fourth-order valence-electron chi connectivity index (χ4n) is 4.07. The van der Waals surface area contributed by atoms with Gasteiger partial charge in [0.15, 0.2) is 5.96 Å². The molecule has 1 aliphatic heterocycles. The minimum atomic E-state index is 0. The molecular weight excluding hydrogens is 457 g/mol. The van der Waals surface area contributed by atoms with Crippen LogP contribution in [0.1, 0.15) is 34.1 Å². The number of rotatable bonds is 6. The standard InChI is InChI=1S/C20H31N3OS.HI/c1-5-21-19(22-13-14(2)25-15-9-7-6-8-10-15)23-17-16-11-12-24-18(16)20(17,3)4;/h6-10,14,16-18H,5,11-13H2,1-4H3,(H2,21,22,23);1H. The fourth-order valence-corrected chi connectivity index (χ4v) is 5.00. The summed E-state index contributed by atoms with van der Waals surface area (Å²) in [6.07, 6.45) is 1.56. The van der Waals surface area contributed by atoms with Gasteiger partial charge in [-0.3, -0.25) is 4.99 Å². The van der Waals surface area contributed by atoms with E-state index >= 15 is 0 Å². The molecule has 0 radical (unpaired) electrons. The minimum absolute atomic E-state index is 0. The molecule has 4 atom stereocenters. The maximum atomic E-state index is 5.90. The first kappa shape index (κ1) is 21.8. The molecule has 1 saturated heterocycles. The van der Waals surface area contributed by atoms with E-state index in [1.807, 2.05) is 11.8 Å². The Hall–Kier alpha value is -0.470. The quantitative estimate of drug-likeness (QED) is 0.273. The summed E-state index contributed by atoms with van der Waals surface area (Å²) in [7, 11) is 0. The van der Waals surface area contributed by atoms with Crippen LogP contribution in [0, 0.1) is 11.3 Å². The highest BCUT2D eigenvalue weighted by molar-refractivity contribution is 14.0. The predicted molar refractivity (Wildman–Crippen MR) is 122 cm³/mol. The average molecular weight is 489 g/mol. The van der Waals surface area contributed by atoms with Gasteiger partial charge in [0, 0.05) is 40.7 Å². The number of thioether (sulfide) groups is 1. The van der Waals surface area contributed by atoms with Crippen LogP contribution in [0.4, 0.5) is 0 Å². The number of fused-ring (bicyclic) bond motifs is 1. The summed E-state index contributed by atoms with van der Waals surface area (Å²) in [6, 6.07) is 11.0. The lowest BCUT2D eigenvalue weighted by molar-refractivity contribution is -0.106. The lowest BCUT2D eigenvalue weighted by atomic mass is 9.57. The molecule has 1 saturated carbocycles. The van der Waals surface area contributed by atoms with Crippen LogP contribution in [0.25, 0.3) is 0 Å². The van der Waals surface area contributed by atoms with E-state index in [0.29, 0.717) is 23.3 Å². The second-order valence-electron chi connectivity index (χ2n) is 7.65. The topological polar surface area (TPSA) is 45.7 Å². The molecule has 2 aliphatic rings. The van der Waals surface area contributed by atoms with Crippen LogP contribution in [0.15, 0.2) is 40.2 Å². The van der Waals surface area contributed by atoms with Crippen molar-refractivity contribution in [3.05, 3.63) is 30.3 Å². The molecule has 0 amide bonds. The van der Waals surface area contributed by atoms with Crippen molar-refractivity contribution < 1.29 is 4.74 Å². The van der Waals surface area contributed by atoms with E-state index in [9.17, 15) is 0 Å². The Morgan fingerprint density at radius 2 is 2.08 bits per heavy atom. The average Bonchev–Trinajstić information content (AvgIpc) is 3.05. The third kappa shape index (κ3) is 4.87. The number of guanidine groups is 1. The fraction of sp³-hybridized carbons (Fsp3) is 0.650. The summed E-state index contributed by atoms with van der Waals surface area (Å²) in [5.41, 5.74) is 0.168. The van der Waals surface area contributed by atoms with E-state index in [4.69, 9.17) is 9.73 Å². The second-order valence-corrected chi connectivity index (χ2v) is 9.16. The van der Waals surface area contributed by atoms with Gasteiger partial charge in [-0.15, -0.1) is 35.7 Å². The van der Waals surface area contributed by atoms with Crippen LogP contribution < -0.4 is 10.6 Å². The van der Waals surface area contributed by atoms with Crippen LogP contribution in [-0.4, -0.2) is 43.1 Å². The third-order valence-corrected chi connectivity index (χ3v) is 6.42. The molecule has 0 bridgehead atoms. The predicted octanol–water partition coefficient (Wildman–Crippen LogP) is 4.15. The van der Waals surface area contributed by atoms with E-state index < -0.39 is 0 Å². The summed E-state index contributed by atoms with van der Waals surface area (Å²) in [5.74, 6) is 1.56. The molecule has 1 aromatic carbocycles. The third-order valence-electron chi connectivity index (χ3n) is 5.32. The Morgan fingerprint density at radius 1 is 1.35 bits per heavy atom. The lowest BCUT2D eigenvalue weighted by Gasteiger charge is -2.54. The van der Waals surface area contributed by atoms with Gasteiger partial charge in [-0.2, -0.15) is 0 Å². The van der Waals surface area contributed by atoms with Crippen LogP contribution in [0.3, 0.4) is 0 Å². The minimum Gasteiger partial charge on any atom is -0.377 e. The zero-order valence-electron chi connectivity index (χ0n) is 16.2. The molecule has 1 heterocycles. The number of benzene rings is 1. The van der Waals surface area contributed by atoms with Crippen LogP contribution in [0.5, 0.6) is 0 Å². The van der Waals surface area contributed by atoms with Crippen molar-refractivity contribution in [3.8, 4) is 0 Å². The summed E-state index contributed by atoms with van der Waals surface area (Å²) >= 11 is 1.87. The molecule has 1 aromatic rings. The lowest BCUT2D eigenvalue weighted by Crippen LogP contribution is -2.68. The molecule has 3 rings (SSSR count). The molecule has 2 fully saturated rings. The van der Waals surface area contributed by atoms with Crippen molar-refractivity contribution in [1.29, 1.82) is 0 Å². The van der Waals surface area contributed by atoms with Crippen molar-refractivity contribution in [2.45, 2.75) is 56.4 Å². The SMILES string of the molecule is CCNC(=NCC(C)Sc1ccccc1)NC1C2CCOC2C1(C)C.I. The van der Waals surface area contributed by atoms with Gasteiger partial charge < -0.3 is 15.4 Å². The first-order valence-electron chi connectivity index (χ1n) is 9.40. The van der Waals surface area contributed by atoms with Gasteiger partial charge in [0.2, 0.25) is 0 Å². The summed E-state index contributed by atoms with van der Waals surface area (Å²) in [4.78, 5) is 6.14. The summed E-state index contributed by atoms with van der Waals surface area (Å²) in [6.45, 7) is 11.5. The highest BCUT2D eigenvalue weighted by atomic mass is 127. The van der Waals surface area contributed by atoms with Crippen molar-refractivity contribution in [2.24, 2.45) is 16.3 Å². The maximum absolute atomic E-state index is 5.90. The van der Waals surface area contributed by atoms with Gasteiger partial charge >= 0.3 is 0 Å². The maximum Gasteiger partial charge on any atom is 0.191 e. The Labute approximate surface area is 179 Å². The van der Waals surface area contributed by atoms with Gasteiger partial charge in [0.25, 0.3) is 0 Å². The van der Waals surface area contributed by atoms with Crippen molar-refractivity contribution in [2.75, 3.05) is 19.7 Å². The second kappa shape index (κ2) is 9.64. The highest BCUT2D eigenvalue weighted by Crippen LogP contribution is 2.52. The molecule has 0 spiro atoms. The smallest absolute Gasteiger partial charge is 0.191 e. The van der Waals surface area contributed by atoms with E-state index in [1.54, 1.807) is 0 Å². The number of nitrogens with one attached hydrogen (secondary N) is 2. The first-order valence-corrected chi connectivity index (χ1v) is 10.3. The molecule has 6 heteroatoms. The van der Waals surface area contributed by atoms with Crippen molar-refractivity contribution in [3.63, 3.8) is 0 Å². The Morgan fingerprint density at radius 3 is 2.77 bits per heavy atom. The number of hydrogen-bond donors (Lipinski definition) is 2. The van der Waals surface area contributed by atoms with Gasteiger partial charge in [0.1, 0.15) is 0 Å². The molecule has 146 valence electrons. The van der Waals surface area contributed by atoms with Crippen LogP contribution >= 0.6 is 35.7 Å². The molecule has 0 aromatic heterocycles. The molecular formula is C20H32IN3OS. The number of nitrogens with zero attached hydrogens (tertiary/aromatic N) is 1. The molecule has 2 N–H and O–H groups in total. The normalized spacial score (nSPS) is 27.7. The van der Waals surface area contributed by atoms with Gasteiger partial charge in [-0.25, -0.2) is 0 Å². The Kier molecular flexibility index (Phi) is 8.09. The summed E-state index contributed by atoms with van der Waals surface area (Å²) in [5, 5.41) is 7.53. The zero-order valence-corrected chi connectivity index (χ0v) is 19.3. The largest absolute Gasteiger partial charge is 0.377 e. The Balaban J connectivity index is 0.00000243. The van der Waals surface area contributed by atoms with Crippen LogP contribution in [-0.2, 0) is 4.74 Å². The molecule has 4 nitrogen and oxygen atoms in total. The summed E-state index contributed by atoms with van der Waals surface area (Å²) < 4.78 is 5.90. The number of ether oxygens (including phenoxy) is 1. The van der Waals surface area contributed by atoms with Crippen molar-refractivity contribution >= 4 is 41.7 Å². The van der Waals surface area contributed by atoms with E-state index in [2.05, 4.69) is 68.7 Å². The molecule has 4 unspecified atom stereocenters. The highest BCUT2D eigenvalue weighted by Gasteiger charge is 2.59. The number of hydrogen-bond acceptors (Lipinski definition) is 3. The molecule has 1 aliphatic carbocycles. The van der Waals surface area contributed by atoms with Gasteiger partial charge in [-0.1, -0.05) is 39.0 Å². The first-order chi connectivity index (χ1) is 12.0.